The van der Waals surface area contributed by atoms with Crippen LogP contribution in [0.25, 0.3) is 0 Å². The number of aliphatic imine (C=N–C) groups is 1. The van der Waals surface area contributed by atoms with Crippen LogP contribution in [0.1, 0.15) is 27.2 Å². The first-order valence-electron chi connectivity index (χ1n) is 4.73. The van der Waals surface area contributed by atoms with Gasteiger partial charge in [0.05, 0.1) is 6.54 Å². The molecule has 0 radical (unpaired) electrons. The lowest BCUT2D eigenvalue weighted by Crippen LogP contribution is -2.40. The largest absolute Gasteiger partial charge is 0.355 e. The van der Waals surface area contributed by atoms with Gasteiger partial charge in [0.25, 0.3) is 0 Å². The Balaban J connectivity index is 2.21. The minimum Gasteiger partial charge on any atom is -0.355 e. The van der Waals surface area contributed by atoms with Gasteiger partial charge in [-0.3, -0.25) is 4.99 Å². The summed E-state index contributed by atoms with van der Waals surface area (Å²) in [6.07, 6.45) is 1.20. The zero-order valence-electron chi connectivity index (χ0n) is 8.22. The Morgan fingerprint density at radius 3 is 2.75 bits per heavy atom. The Hall–Kier alpha value is -0.730. The Kier molecular flexibility index (Phi) is 3.38. The summed E-state index contributed by atoms with van der Waals surface area (Å²) in [5, 5.41) is 6.55. The van der Waals surface area contributed by atoms with Crippen molar-refractivity contribution in [1.82, 2.24) is 10.6 Å². The second-order valence-corrected chi connectivity index (χ2v) is 3.83. The van der Waals surface area contributed by atoms with Gasteiger partial charge >= 0.3 is 0 Å². The van der Waals surface area contributed by atoms with Crippen LogP contribution in [-0.2, 0) is 0 Å². The minimum atomic E-state index is 0.523. The van der Waals surface area contributed by atoms with E-state index in [4.69, 9.17) is 0 Å². The fraction of sp³-hybridized carbons (Fsp3) is 0.889. The van der Waals surface area contributed by atoms with E-state index in [-0.39, 0.29) is 0 Å². The molecule has 1 rings (SSSR count). The van der Waals surface area contributed by atoms with E-state index in [1.165, 1.54) is 6.42 Å². The highest BCUT2D eigenvalue weighted by Gasteiger charge is 2.09. The molecule has 1 unspecified atom stereocenters. The SMILES string of the molecule is CC(C)CC(C)NC1=NCCN1. The molecule has 3 heteroatoms. The van der Waals surface area contributed by atoms with Gasteiger partial charge in [-0.2, -0.15) is 0 Å². The predicted molar refractivity (Wildman–Crippen MR) is 52.4 cm³/mol. The van der Waals surface area contributed by atoms with E-state index in [9.17, 15) is 0 Å². The third-order valence-electron chi connectivity index (χ3n) is 1.88. The van der Waals surface area contributed by atoms with Gasteiger partial charge in [-0.05, 0) is 19.3 Å². The summed E-state index contributed by atoms with van der Waals surface area (Å²) >= 11 is 0. The van der Waals surface area contributed by atoms with Crippen molar-refractivity contribution < 1.29 is 0 Å². The highest BCUT2D eigenvalue weighted by Crippen LogP contribution is 2.03. The van der Waals surface area contributed by atoms with Crippen molar-refractivity contribution in [1.29, 1.82) is 0 Å². The molecule has 0 amide bonds. The Morgan fingerprint density at radius 1 is 1.50 bits per heavy atom. The summed E-state index contributed by atoms with van der Waals surface area (Å²) in [7, 11) is 0. The fourth-order valence-electron chi connectivity index (χ4n) is 1.49. The smallest absolute Gasteiger partial charge is 0.191 e. The van der Waals surface area contributed by atoms with Crippen LogP contribution >= 0.6 is 0 Å². The molecule has 0 fully saturated rings. The van der Waals surface area contributed by atoms with E-state index in [2.05, 4.69) is 36.4 Å². The molecule has 0 bridgehead atoms. The molecular formula is C9H19N3. The molecule has 2 N–H and O–H groups in total. The van der Waals surface area contributed by atoms with Crippen molar-refractivity contribution in [3.63, 3.8) is 0 Å². The van der Waals surface area contributed by atoms with Gasteiger partial charge in [0.2, 0.25) is 0 Å². The summed E-state index contributed by atoms with van der Waals surface area (Å²) in [4.78, 5) is 4.28. The maximum Gasteiger partial charge on any atom is 0.191 e. The summed E-state index contributed by atoms with van der Waals surface area (Å²) in [6, 6.07) is 0.523. The number of nitrogens with one attached hydrogen (secondary N) is 2. The first-order valence-corrected chi connectivity index (χ1v) is 4.73. The number of hydrogen-bond donors (Lipinski definition) is 2. The molecule has 1 atom stereocenters. The lowest BCUT2D eigenvalue weighted by Gasteiger charge is -2.16. The van der Waals surface area contributed by atoms with Gasteiger partial charge in [-0.15, -0.1) is 0 Å². The average Bonchev–Trinajstić information content (AvgIpc) is 2.37. The van der Waals surface area contributed by atoms with Crippen molar-refractivity contribution in [2.24, 2.45) is 10.9 Å². The maximum atomic E-state index is 4.28. The van der Waals surface area contributed by atoms with E-state index < -0.39 is 0 Å². The van der Waals surface area contributed by atoms with Crippen molar-refractivity contribution >= 4 is 5.96 Å². The highest BCUT2D eigenvalue weighted by atomic mass is 15.2. The van der Waals surface area contributed by atoms with Crippen molar-refractivity contribution in [2.75, 3.05) is 13.1 Å². The van der Waals surface area contributed by atoms with Gasteiger partial charge in [-0.1, -0.05) is 13.8 Å². The van der Waals surface area contributed by atoms with E-state index in [0.717, 1.165) is 25.0 Å². The van der Waals surface area contributed by atoms with Gasteiger partial charge in [-0.25, -0.2) is 0 Å². The van der Waals surface area contributed by atoms with Crippen LogP contribution < -0.4 is 10.6 Å². The van der Waals surface area contributed by atoms with Crippen LogP contribution in [-0.4, -0.2) is 25.1 Å². The first-order chi connectivity index (χ1) is 5.68. The van der Waals surface area contributed by atoms with Crippen LogP contribution in [0.4, 0.5) is 0 Å². The van der Waals surface area contributed by atoms with E-state index in [1.54, 1.807) is 0 Å². The number of nitrogens with zero attached hydrogens (tertiary/aromatic N) is 1. The van der Waals surface area contributed by atoms with Gasteiger partial charge in [0.15, 0.2) is 5.96 Å². The number of guanidine groups is 1. The third-order valence-corrected chi connectivity index (χ3v) is 1.88. The molecule has 70 valence electrons. The van der Waals surface area contributed by atoms with Crippen molar-refractivity contribution in [3.8, 4) is 0 Å². The zero-order valence-corrected chi connectivity index (χ0v) is 8.22. The average molecular weight is 169 g/mol. The fourth-order valence-corrected chi connectivity index (χ4v) is 1.49. The third kappa shape index (κ3) is 3.11. The normalized spacial score (nSPS) is 18.8. The molecule has 1 heterocycles. The molecule has 1 aliphatic rings. The molecule has 3 nitrogen and oxygen atoms in total. The quantitative estimate of drug-likeness (QED) is 0.660. The Labute approximate surface area is 74.6 Å². The van der Waals surface area contributed by atoms with Gasteiger partial charge in [0, 0.05) is 12.6 Å². The summed E-state index contributed by atoms with van der Waals surface area (Å²) in [6.45, 7) is 8.57. The molecule has 0 saturated heterocycles. The van der Waals surface area contributed by atoms with Crippen molar-refractivity contribution in [3.05, 3.63) is 0 Å². The molecule has 0 aromatic heterocycles. The van der Waals surface area contributed by atoms with E-state index in [0.29, 0.717) is 6.04 Å². The van der Waals surface area contributed by atoms with Crippen molar-refractivity contribution in [2.45, 2.75) is 33.2 Å². The molecule has 0 aliphatic carbocycles. The molecular weight excluding hydrogens is 150 g/mol. The Bertz CT molecular complexity index is 163. The number of rotatable bonds is 3. The highest BCUT2D eigenvalue weighted by molar-refractivity contribution is 5.81. The molecule has 12 heavy (non-hydrogen) atoms. The van der Waals surface area contributed by atoms with Crippen LogP contribution in [0.3, 0.4) is 0 Å². The second kappa shape index (κ2) is 4.33. The molecule has 0 spiro atoms. The standard InChI is InChI=1S/C9H19N3/c1-7(2)6-8(3)12-9-10-4-5-11-9/h7-8H,4-6H2,1-3H3,(H2,10,11,12). The molecule has 0 aromatic rings. The Morgan fingerprint density at radius 2 is 2.25 bits per heavy atom. The zero-order chi connectivity index (χ0) is 8.97. The molecule has 0 aromatic carbocycles. The van der Waals surface area contributed by atoms with Crippen LogP contribution in [0.15, 0.2) is 4.99 Å². The predicted octanol–water partition coefficient (Wildman–Crippen LogP) is 0.970. The van der Waals surface area contributed by atoms with Gasteiger partial charge < -0.3 is 10.6 Å². The monoisotopic (exact) mass is 169 g/mol. The van der Waals surface area contributed by atoms with Crippen LogP contribution in [0.2, 0.25) is 0 Å². The summed E-state index contributed by atoms with van der Waals surface area (Å²) < 4.78 is 0. The lowest BCUT2D eigenvalue weighted by molar-refractivity contribution is 0.488. The van der Waals surface area contributed by atoms with Crippen LogP contribution in [0, 0.1) is 5.92 Å². The molecule has 1 aliphatic heterocycles. The summed E-state index contributed by atoms with van der Waals surface area (Å²) in [5.74, 6) is 1.72. The van der Waals surface area contributed by atoms with E-state index >= 15 is 0 Å². The second-order valence-electron chi connectivity index (χ2n) is 3.83. The minimum absolute atomic E-state index is 0.523. The first kappa shape index (κ1) is 9.36. The lowest BCUT2D eigenvalue weighted by atomic mass is 10.1. The maximum absolute atomic E-state index is 4.28. The number of hydrogen-bond acceptors (Lipinski definition) is 3. The molecule has 0 saturated carbocycles. The summed E-state index contributed by atoms with van der Waals surface area (Å²) in [5.41, 5.74) is 0. The van der Waals surface area contributed by atoms with Crippen LogP contribution in [0.5, 0.6) is 0 Å². The van der Waals surface area contributed by atoms with E-state index in [1.807, 2.05) is 0 Å². The topological polar surface area (TPSA) is 36.4 Å². The van der Waals surface area contributed by atoms with Gasteiger partial charge in [0.1, 0.15) is 0 Å².